The molecule has 1 atom stereocenters. The van der Waals surface area contributed by atoms with Crippen LogP contribution in [0.25, 0.3) is 11.1 Å². The molecule has 0 N–H and O–H groups in total. The molecule has 0 nitrogen and oxygen atoms in total. The molecule has 0 spiro atoms. The van der Waals surface area contributed by atoms with Gasteiger partial charge in [-0.1, -0.05) is 51.1 Å². The minimum atomic E-state index is 0.706. The van der Waals surface area contributed by atoms with Crippen LogP contribution < -0.4 is 0 Å². The summed E-state index contributed by atoms with van der Waals surface area (Å²) in [7, 11) is 0. The maximum absolute atomic E-state index is 2.37. The number of thiophene rings is 1. The first-order chi connectivity index (χ1) is 8.22. The van der Waals surface area contributed by atoms with E-state index in [0.29, 0.717) is 5.92 Å². The zero-order valence-electron chi connectivity index (χ0n) is 10.8. The maximum atomic E-state index is 2.37. The molecule has 1 heteroatoms. The average Bonchev–Trinajstić information content (AvgIpc) is 2.80. The molecule has 1 unspecified atom stereocenters. The monoisotopic (exact) mass is 244 g/mol. The van der Waals surface area contributed by atoms with Crippen LogP contribution >= 0.6 is 11.3 Å². The molecule has 0 fully saturated rings. The predicted octanol–water partition coefficient (Wildman–Crippen LogP) is 5.56. The second-order valence-corrected chi connectivity index (χ2v) is 5.81. The van der Waals surface area contributed by atoms with E-state index in [-0.39, 0.29) is 0 Å². The lowest BCUT2D eigenvalue weighted by molar-refractivity contribution is 0.492. The van der Waals surface area contributed by atoms with Gasteiger partial charge in [-0.25, -0.2) is 0 Å². The van der Waals surface area contributed by atoms with E-state index in [2.05, 4.69) is 62.5 Å². The summed E-state index contributed by atoms with van der Waals surface area (Å²) in [4.78, 5) is 1.53. The van der Waals surface area contributed by atoms with Gasteiger partial charge in [0.05, 0.1) is 0 Å². The summed E-state index contributed by atoms with van der Waals surface area (Å²) in [6.45, 7) is 6.92. The van der Waals surface area contributed by atoms with E-state index in [1.807, 2.05) is 11.3 Å². The van der Waals surface area contributed by atoms with Gasteiger partial charge in [-0.3, -0.25) is 0 Å². The molecular formula is C16H20S. The zero-order chi connectivity index (χ0) is 12.3. The first-order valence-electron chi connectivity index (χ1n) is 6.36. The predicted molar refractivity (Wildman–Crippen MR) is 77.6 cm³/mol. The van der Waals surface area contributed by atoms with Crippen LogP contribution in [0.2, 0.25) is 0 Å². The lowest BCUT2D eigenvalue weighted by Gasteiger charge is -2.16. The van der Waals surface area contributed by atoms with Gasteiger partial charge in [-0.05, 0) is 40.8 Å². The smallest absolute Gasteiger partial charge is 0.00850 e. The van der Waals surface area contributed by atoms with Crippen molar-refractivity contribution in [3.8, 4) is 11.1 Å². The standard InChI is InChI=1S/C16H20S/c1-4-15(12(2)3)16-10-14(11-17-16)13-8-6-5-7-9-13/h5-12,15H,4H2,1-3H3. The van der Waals surface area contributed by atoms with Crippen molar-refractivity contribution in [1.82, 2.24) is 0 Å². The van der Waals surface area contributed by atoms with Gasteiger partial charge in [0.25, 0.3) is 0 Å². The van der Waals surface area contributed by atoms with Crippen LogP contribution in [0, 0.1) is 5.92 Å². The molecule has 0 amide bonds. The minimum Gasteiger partial charge on any atom is -0.148 e. The SMILES string of the molecule is CCC(c1cc(-c2ccccc2)cs1)C(C)C. The number of hydrogen-bond donors (Lipinski definition) is 0. The molecule has 90 valence electrons. The Balaban J connectivity index is 2.27. The van der Waals surface area contributed by atoms with Gasteiger partial charge in [0.2, 0.25) is 0 Å². The third-order valence-electron chi connectivity index (χ3n) is 3.34. The number of benzene rings is 1. The van der Waals surface area contributed by atoms with Gasteiger partial charge in [-0.2, -0.15) is 0 Å². The van der Waals surface area contributed by atoms with Crippen LogP contribution in [-0.2, 0) is 0 Å². The lowest BCUT2D eigenvalue weighted by atomic mass is 9.91. The summed E-state index contributed by atoms with van der Waals surface area (Å²) in [5.74, 6) is 1.43. The summed E-state index contributed by atoms with van der Waals surface area (Å²) >= 11 is 1.91. The molecule has 2 rings (SSSR count). The van der Waals surface area contributed by atoms with Crippen molar-refractivity contribution >= 4 is 11.3 Å². The molecule has 0 aliphatic carbocycles. The van der Waals surface area contributed by atoms with Gasteiger partial charge < -0.3 is 0 Å². The Labute approximate surface area is 108 Å². The fraction of sp³-hybridized carbons (Fsp3) is 0.375. The molecule has 17 heavy (non-hydrogen) atoms. The fourth-order valence-corrected chi connectivity index (χ4v) is 3.61. The molecule has 0 saturated heterocycles. The van der Waals surface area contributed by atoms with Crippen LogP contribution in [0.3, 0.4) is 0 Å². The van der Waals surface area contributed by atoms with Crippen LogP contribution in [0.4, 0.5) is 0 Å². The van der Waals surface area contributed by atoms with Crippen molar-refractivity contribution in [1.29, 1.82) is 0 Å². The van der Waals surface area contributed by atoms with Crippen molar-refractivity contribution in [3.05, 3.63) is 46.7 Å². The van der Waals surface area contributed by atoms with Crippen LogP contribution in [0.15, 0.2) is 41.8 Å². The molecule has 1 heterocycles. The largest absolute Gasteiger partial charge is 0.148 e. The first kappa shape index (κ1) is 12.4. The van der Waals surface area contributed by atoms with Crippen molar-refractivity contribution < 1.29 is 0 Å². The topological polar surface area (TPSA) is 0 Å². The highest BCUT2D eigenvalue weighted by Gasteiger charge is 2.15. The highest BCUT2D eigenvalue weighted by atomic mass is 32.1. The Morgan fingerprint density at radius 3 is 2.35 bits per heavy atom. The normalized spacial score (nSPS) is 12.9. The Bertz CT molecular complexity index is 453. The second kappa shape index (κ2) is 5.50. The van der Waals surface area contributed by atoms with Crippen molar-refractivity contribution in [2.45, 2.75) is 33.1 Å². The van der Waals surface area contributed by atoms with Crippen LogP contribution in [-0.4, -0.2) is 0 Å². The van der Waals surface area contributed by atoms with E-state index < -0.39 is 0 Å². The lowest BCUT2D eigenvalue weighted by Crippen LogP contribution is -2.02. The Kier molecular flexibility index (Phi) is 4.01. The van der Waals surface area contributed by atoms with Crippen molar-refractivity contribution in [2.24, 2.45) is 5.92 Å². The summed E-state index contributed by atoms with van der Waals surface area (Å²) < 4.78 is 0. The third-order valence-corrected chi connectivity index (χ3v) is 4.40. The van der Waals surface area contributed by atoms with Crippen molar-refractivity contribution in [3.63, 3.8) is 0 Å². The zero-order valence-corrected chi connectivity index (χ0v) is 11.6. The second-order valence-electron chi connectivity index (χ2n) is 4.86. The Morgan fingerprint density at radius 2 is 1.76 bits per heavy atom. The van der Waals surface area contributed by atoms with E-state index in [4.69, 9.17) is 0 Å². The Hall–Kier alpha value is -1.08. The number of hydrogen-bond acceptors (Lipinski definition) is 1. The summed E-state index contributed by atoms with van der Waals surface area (Å²) in [6.07, 6.45) is 1.23. The van der Waals surface area contributed by atoms with Gasteiger partial charge in [0, 0.05) is 4.88 Å². The van der Waals surface area contributed by atoms with Gasteiger partial charge in [0.1, 0.15) is 0 Å². The highest BCUT2D eigenvalue weighted by molar-refractivity contribution is 7.10. The Morgan fingerprint density at radius 1 is 1.06 bits per heavy atom. The van der Waals surface area contributed by atoms with E-state index in [1.165, 1.54) is 22.4 Å². The van der Waals surface area contributed by atoms with E-state index >= 15 is 0 Å². The highest BCUT2D eigenvalue weighted by Crippen LogP contribution is 2.35. The summed E-state index contributed by atoms with van der Waals surface area (Å²) in [5.41, 5.74) is 2.69. The molecule has 0 saturated carbocycles. The quantitative estimate of drug-likeness (QED) is 0.660. The van der Waals surface area contributed by atoms with Gasteiger partial charge >= 0.3 is 0 Å². The molecule has 1 aromatic carbocycles. The van der Waals surface area contributed by atoms with E-state index in [1.54, 1.807) is 0 Å². The van der Waals surface area contributed by atoms with E-state index in [0.717, 1.165) is 5.92 Å². The molecule has 1 aromatic heterocycles. The average molecular weight is 244 g/mol. The molecule has 0 radical (unpaired) electrons. The molecule has 2 aromatic rings. The molecule has 0 aliphatic heterocycles. The van der Waals surface area contributed by atoms with E-state index in [9.17, 15) is 0 Å². The third kappa shape index (κ3) is 2.78. The summed E-state index contributed by atoms with van der Waals surface area (Å²) in [5, 5.41) is 2.29. The molecular weight excluding hydrogens is 224 g/mol. The van der Waals surface area contributed by atoms with Gasteiger partial charge in [0.15, 0.2) is 0 Å². The molecule has 0 bridgehead atoms. The first-order valence-corrected chi connectivity index (χ1v) is 7.24. The minimum absolute atomic E-state index is 0.706. The van der Waals surface area contributed by atoms with Gasteiger partial charge in [-0.15, -0.1) is 11.3 Å². The van der Waals surface area contributed by atoms with Crippen molar-refractivity contribution in [2.75, 3.05) is 0 Å². The fourth-order valence-electron chi connectivity index (χ4n) is 2.33. The maximum Gasteiger partial charge on any atom is 0.00850 e. The summed E-state index contributed by atoms with van der Waals surface area (Å²) in [6, 6.07) is 13.0. The number of rotatable bonds is 4. The van der Waals surface area contributed by atoms with Crippen LogP contribution in [0.5, 0.6) is 0 Å². The van der Waals surface area contributed by atoms with Crippen LogP contribution in [0.1, 0.15) is 38.0 Å². The molecule has 0 aliphatic rings.